The summed E-state index contributed by atoms with van der Waals surface area (Å²) in [6.07, 6.45) is -4.39. The zero-order valence-corrected chi connectivity index (χ0v) is 18.9. The highest BCUT2D eigenvalue weighted by molar-refractivity contribution is 7.92. The van der Waals surface area contributed by atoms with Crippen molar-refractivity contribution in [3.8, 4) is 5.88 Å². The topological polar surface area (TPSA) is 120 Å². The highest BCUT2D eigenvalue weighted by Gasteiger charge is 2.44. The number of halogens is 3. The molecule has 0 saturated heterocycles. The third-order valence-electron chi connectivity index (χ3n) is 4.95. The summed E-state index contributed by atoms with van der Waals surface area (Å²) in [7, 11) is -4.23. The quantitative estimate of drug-likeness (QED) is 0.373. The van der Waals surface area contributed by atoms with Gasteiger partial charge in [0.2, 0.25) is 11.9 Å². The standard InChI is InChI=1S/C23H20F3N5O3S/c24-23(25,26)20(16-4-3-13-28-14-16)34-22-21(29-18-5-1-2-6-19(18)30-22)31-35(32,33)17-9-7-15(8-10-17)11-12-27/h1-10,13-14,20H,11-12,27H2,(H,29,31). The van der Waals surface area contributed by atoms with Crippen LogP contribution in [0.5, 0.6) is 5.88 Å². The third-order valence-corrected chi connectivity index (χ3v) is 6.31. The SMILES string of the molecule is NCCc1ccc(S(=O)(=O)Nc2nc3ccccc3nc2OC(c2cccnc2)C(F)(F)F)cc1. The predicted molar refractivity (Wildman–Crippen MR) is 123 cm³/mol. The maximum atomic E-state index is 13.9. The molecule has 0 fully saturated rings. The van der Waals surface area contributed by atoms with Gasteiger partial charge in [0.05, 0.1) is 15.9 Å². The van der Waals surface area contributed by atoms with E-state index in [0.717, 1.165) is 11.8 Å². The number of nitrogens with two attached hydrogens (primary N) is 1. The molecule has 1 atom stereocenters. The molecule has 12 heteroatoms. The first-order valence-corrected chi connectivity index (χ1v) is 11.9. The minimum Gasteiger partial charge on any atom is -0.457 e. The Kier molecular flexibility index (Phi) is 6.85. The van der Waals surface area contributed by atoms with Crippen LogP contribution in [0.2, 0.25) is 0 Å². The maximum Gasteiger partial charge on any atom is 0.429 e. The summed E-state index contributed by atoms with van der Waals surface area (Å²) in [6.45, 7) is 0.398. The van der Waals surface area contributed by atoms with Gasteiger partial charge in [0.15, 0.2) is 0 Å². The van der Waals surface area contributed by atoms with Crippen molar-refractivity contribution in [2.75, 3.05) is 11.3 Å². The average Bonchev–Trinajstić information content (AvgIpc) is 2.83. The molecule has 4 aromatic rings. The highest BCUT2D eigenvalue weighted by Crippen LogP contribution is 2.38. The lowest BCUT2D eigenvalue weighted by molar-refractivity contribution is -0.198. The summed E-state index contributed by atoms with van der Waals surface area (Å²) in [6, 6.07) is 14.8. The van der Waals surface area contributed by atoms with Crippen molar-refractivity contribution >= 4 is 26.9 Å². The molecule has 1 unspecified atom stereocenters. The largest absolute Gasteiger partial charge is 0.457 e. The molecule has 0 aliphatic rings. The minimum atomic E-state index is -4.84. The number of benzene rings is 2. The van der Waals surface area contributed by atoms with Crippen molar-refractivity contribution in [1.82, 2.24) is 15.0 Å². The van der Waals surface area contributed by atoms with E-state index in [-0.39, 0.29) is 21.5 Å². The molecule has 0 spiro atoms. The Morgan fingerprint density at radius 1 is 0.971 bits per heavy atom. The number of fused-ring (bicyclic) bond motifs is 1. The number of hydrogen-bond acceptors (Lipinski definition) is 7. The second-order valence-electron chi connectivity index (χ2n) is 7.48. The van der Waals surface area contributed by atoms with Gasteiger partial charge in [0.1, 0.15) is 0 Å². The van der Waals surface area contributed by atoms with Crippen LogP contribution in [-0.2, 0) is 16.4 Å². The molecule has 2 aromatic heterocycles. The van der Waals surface area contributed by atoms with Gasteiger partial charge in [-0.15, -0.1) is 0 Å². The molecule has 0 radical (unpaired) electrons. The molecular formula is C23H20F3N5O3S. The monoisotopic (exact) mass is 503 g/mol. The molecule has 0 aliphatic carbocycles. The molecule has 182 valence electrons. The van der Waals surface area contributed by atoms with Crippen LogP contribution >= 0.6 is 0 Å². The van der Waals surface area contributed by atoms with E-state index in [1.54, 1.807) is 30.3 Å². The third kappa shape index (κ3) is 5.66. The van der Waals surface area contributed by atoms with Gasteiger partial charge in [-0.1, -0.05) is 30.3 Å². The number of ether oxygens (including phenoxy) is 1. The smallest absolute Gasteiger partial charge is 0.429 e. The van der Waals surface area contributed by atoms with E-state index >= 15 is 0 Å². The van der Waals surface area contributed by atoms with E-state index in [0.29, 0.717) is 13.0 Å². The number of rotatable bonds is 8. The molecule has 0 aliphatic heterocycles. The molecule has 0 amide bonds. The Bertz CT molecular complexity index is 1420. The average molecular weight is 504 g/mol. The molecule has 0 bridgehead atoms. The summed E-state index contributed by atoms with van der Waals surface area (Å²) in [4.78, 5) is 11.9. The number of hydrogen-bond donors (Lipinski definition) is 2. The first-order valence-electron chi connectivity index (χ1n) is 10.4. The summed E-state index contributed by atoms with van der Waals surface area (Å²) in [5, 5.41) is 0. The molecule has 0 saturated carbocycles. The van der Waals surface area contributed by atoms with Gasteiger partial charge < -0.3 is 10.5 Å². The molecule has 8 nitrogen and oxygen atoms in total. The number of nitrogens with one attached hydrogen (secondary N) is 1. The van der Waals surface area contributed by atoms with Gasteiger partial charge >= 0.3 is 6.18 Å². The number of aromatic nitrogens is 3. The minimum absolute atomic E-state index is 0.112. The molecule has 2 heterocycles. The Labute approximate surface area is 199 Å². The fourth-order valence-corrected chi connectivity index (χ4v) is 4.29. The van der Waals surface area contributed by atoms with Crippen molar-refractivity contribution < 1.29 is 26.3 Å². The molecule has 2 aromatic carbocycles. The predicted octanol–water partition coefficient (Wildman–Crippen LogP) is 4.01. The van der Waals surface area contributed by atoms with E-state index in [1.165, 1.54) is 36.5 Å². The van der Waals surface area contributed by atoms with E-state index in [1.807, 2.05) is 0 Å². The summed E-state index contributed by atoms with van der Waals surface area (Å²) in [5.74, 6) is -1.11. The van der Waals surface area contributed by atoms with Crippen LogP contribution in [0.3, 0.4) is 0 Å². The number of para-hydroxylation sites is 2. The number of anilines is 1. The van der Waals surface area contributed by atoms with Gasteiger partial charge in [-0.05, 0) is 48.9 Å². The van der Waals surface area contributed by atoms with Crippen molar-refractivity contribution in [3.63, 3.8) is 0 Å². The molecular weight excluding hydrogens is 483 g/mol. The van der Waals surface area contributed by atoms with Crippen LogP contribution in [0.4, 0.5) is 19.0 Å². The zero-order valence-electron chi connectivity index (χ0n) is 18.1. The Morgan fingerprint density at radius 2 is 1.66 bits per heavy atom. The fraction of sp³-hybridized carbons (Fsp3) is 0.174. The van der Waals surface area contributed by atoms with Crippen molar-refractivity contribution in [2.45, 2.75) is 23.6 Å². The summed E-state index contributed by atoms with van der Waals surface area (Å²) < 4.78 is 75.2. The maximum absolute atomic E-state index is 13.9. The van der Waals surface area contributed by atoms with Gasteiger partial charge in [-0.3, -0.25) is 9.71 Å². The van der Waals surface area contributed by atoms with Gasteiger partial charge in [-0.25, -0.2) is 18.4 Å². The summed E-state index contributed by atoms with van der Waals surface area (Å²) >= 11 is 0. The van der Waals surface area contributed by atoms with Crippen LogP contribution in [0.1, 0.15) is 17.2 Å². The first-order chi connectivity index (χ1) is 16.7. The van der Waals surface area contributed by atoms with E-state index in [9.17, 15) is 21.6 Å². The van der Waals surface area contributed by atoms with Crippen LogP contribution in [0, 0.1) is 0 Å². The fourth-order valence-electron chi connectivity index (χ4n) is 3.29. The van der Waals surface area contributed by atoms with E-state index in [4.69, 9.17) is 10.5 Å². The van der Waals surface area contributed by atoms with Crippen molar-refractivity contribution in [1.29, 1.82) is 0 Å². The van der Waals surface area contributed by atoms with Gasteiger partial charge in [-0.2, -0.15) is 13.2 Å². The number of pyridine rings is 1. The number of sulfonamides is 1. The Hall–Kier alpha value is -3.77. The highest BCUT2D eigenvalue weighted by atomic mass is 32.2. The Morgan fingerprint density at radius 3 is 2.26 bits per heavy atom. The Balaban J connectivity index is 1.76. The van der Waals surface area contributed by atoms with Crippen LogP contribution < -0.4 is 15.2 Å². The second kappa shape index (κ2) is 9.84. The van der Waals surface area contributed by atoms with E-state index in [2.05, 4.69) is 19.7 Å². The molecule has 3 N–H and O–H groups in total. The summed E-state index contributed by atoms with van der Waals surface area (Å²) in [5.41, 5.74) is 6.57. The van der Waals surface area contributed by atoms with Crippen molar-refractivity contribution in [2.24, 2.45) is 5.73 Å². The lowest BCUT2D eigenvalue weighted by Gasteiger charge is -2.22. The van der Waals surface area contributed by atoms with Crippen molar-refractivity contribution in [3.05, 3.63) is 84.2 Å². The van der Waals surface area contributed by atoms with E-state index < -0.39 is 34.0 Å². The van der Waals surface area contributed by atoms with Crippen LogP contribution in [-0.4, -0.2) is 36.1 Å². The van der Waals surface area contributed by atoms with Crippen LogP contribution in [0.25, 0.3) is 11.0 Å². The van der Waals surface area contributed by atoms with Crippen LogP contribution in [0.15, 0.2) is 78.0 Å². The lowest BCUT2D eigenvalue weighted by atomic mass is 10.1. The zero-order chi connectivity index (χ0) is 25.1. The van der Waals surface area contributed by atoms with Gasteiger partial charge in [0.25, 0.3) is 15.9 Å². The number of nitrogens with zero attached hydrogens (tertiary/aromatic N) is 3. The first kappa shape index (κ1) is 24.4. The van der Waals surface area contributed by atoms with Gasteiger partial charge in [0, 0.05) is 18.0 Å². The second-order valence-corrected chi connectivity index (χ2v) is 9.16. The normalized spacial score (nSPS) is 12.9. The molecule has 4 rings (SSSR count). The lowest BCUT2D eigenvalue weighted by Crippen LogP contribution is -2.27. The number of alkyl halides is 3. The molecule has 35 heavy (non-hydrogen) atoms.